The standard InChI is InChI=1S/C16H18BrFN2O2/c17-10-7-12(18)16-13(8-10)20-11(4-5-14(20)19-16)9-22-15-3-1-2-6-21-15/h7-8,11,15H,1-6,9H2. The van der Waals surface area contributed by atoms with E-state index in [1.807, 2.05) is 6.07 Å². The van der Waals surface area contributed by atoms with Gasteiger partial charge in [-0.25, -0.2) is 9.37 Å². The van der Waals surface area contributed by atoms with E-state index in [0.717, 1.165) is 54.5 Å². The first-order valence-corrected chi connectivity index (χ1v) is 8.61. The molecule has 1 saturated heterocycles. The summed E-state index contributed by atoms with van der Waals surface area (Å²) in [6, 6.07) is 3.61. The molecule has 0 N–H and O–H groups in total. The molecule has 2 unspecified atom stereocenters. The lowest BCUT2D eigenvalue weighted by atomic mass is 10.2. The van der Waals surface area contributed by atoms with Gasteiger partial charge in [-0.05, 0) is 37.8 Å². The van der Waals surface area contributed by atoms with Gasteiger partial charge in [0.15, 0.2) is 12.1 Å². The molecular weight excluding hydrogens is 351 g/mol. The lowest BCUT2D eigenvalue weighted by molar-refractivity contribution is -0.167. The van der Waals surface area contributed by atoms with Gasteiger partial charge in [-0.2, -0.15) is 0 Å². The maximum atomic E-state index is 14.0. The summed E-state index contributed by atoms with van der Waals surface area (Å²) in [5.41, 5.74) is 1.30. The Labute approximate surface area is 136 Å². The first-order chi connectivity index (χ1) is 10.7. The lowest BCUT2D eigenvalue weighted by Crippen LogP contribution is -2.25. The molecule has 0 saturated carbocycles. The van der Waals surface area contributed by atoms with E-state index in [1.54, 1.807) is 0 Å². The summed E-state index contributed by atoms with van der Waals surface area (Å²) in [6.07, 6.45) is 5.00. The summed E-state index contributed by atoms with van der Waals surface area (Å²) in [5, 5.41) is 0. The number of aryl methyl sites for hydroxylation is 1. The van der Waals surface area contributed by atoms with Crippen LogP contribution in [0.5, 0.6) is 0 Å². The lowest BCUT2D eigenvalue weighted by Gasteiger charge is -2.24. The number of ether oxygens (including phenoxy) is 2. The number of benzene rings is 1. The van der Waals surface area contributed by atoms with E-state index >= 15 is 0 Å². The van der Waals surface area contributed by atoms with E-state index < -0.39 is 0 Å². The molecule has 1 fully saturated rings. The number of imidazole rings is 1. The van der Waals surface area contributed by atoms with Gasteiger partial charge in [0.25, 0.3) is 0 Å². The van der Waals surface area contributed by atoms with Crippen LogP contribution >= 0.6 is 15.9 Å². The van der Waals surface area contributed by atoms with Crippen molar-refractivity contribution in [3.63, 3.8) is 0 Å². The Morgan fingerprint density at radius 2 is 2.27 bits per heavy atom. The highest BCUT2D eigenvalue weighted by atomic mass is 79.9. The first-order valence-electron chi connectivity index (χ1n) is 7.81. The number of fused-ring (bicyclic) bond motifs is 3. The maximum Gasteiger partial charge on any atom is 0.157 e. The highest BCUT2D eigenvalue weighted by molar-refractivity contribution is 9.10. The molecule has 2 atom stereocenters. The molecule has 4 nitrogen and oxygen atoms in total. The molecule has 0 aliphatic carbocycles. The minimum absolute atomic E-state index is 0.0870. The Hall–Kier alpha value is -0.980. The minimum Gasteiger partial charge on any atom is -0.353 e. The highest BCUT2D eigenvalue weighted by Gasteiger charge is 2.28. The average Bonchev–Trinajstić information content (AvgIpc) is 3.06. The van der Waals surface area contributed by atoms with Crippen molar-refractivity contribution in [3.05, 3.63) is 28.2 Å². The van der Waals surface area contributed by atoms with Crippen molar-refractivity contribution in [1.82, 2.24) is 9.55 Å². The monoisotopic (exact) mass is 368 g/mol. The zero-order valence-electron chi connectivity index (χ0n) is 12.2. The van der Waals surface area contributed by atoms with Crippen LogP contribution in [-0.4, -0.2) is 29.1 Å². The molecule has 2 aliphatic rings. The number of nitrogens with zero attached hydrogens (tertiary/aromatic N) is 2. The van der Waals surface area contributed by atoms with E-state index in [2.05, 4.69) is 25.5 Å². The van der Waals surface area contributed by atoms with E-state index in [9.17, 15) is 4.39 Å². The van der Waals surface area contributed by atoms with Crippen molar-refractivity contribution >= 4 is 27.0 Å². The van der Waals surface area contributed by atoms with E-state index in [-0.39, 0.29) is 18.1 Å². The highest BCUT2D eigenvalue weighted by Crippen LogP contribution is 2.34. The fourth-order valence-corrected chi connectivity index (χ4v) is 3.81. The largest absolute Gasteiger partial charge is 0.353 e. The molecule has 4 rings (SSSR count). The first kappa shape index (κ1) is 14.6. The van der Waals surface area contributed by atoms with Crippen LogP contribution in [0.3, 0.4) is 0 Å². The van der Waals surface area contributed by atoms with Gasteiger partial charge < -0.3 is 14.0 Å². The predicted molar refractivity (Wildman–Crippen MR) is 84.3 cm³/mol. The van der Waals surface area contributed by atoms with Crippen molar-refractivity contribution in [1.29, 1.82) is 0 Å². The van der Waals surface area contributed by atoms with Crippen molar-refractivity contribution in [2.45, 2.75) is 44.4 Å². The zero-order valence-corrected chi connectivity index (χ0v) is 13.8. The van der Waals surface area contributed by atoms with Crippen LogP contribution in [0.15, 0.2) is 16.6 Å². The summed E-state index contributed by atoms with van der Waals surface area (Å²) >= 11 is 3.37. The van der Waals surface area contributed by atoms with Crippen molar-refractivity contribution < 1.29 is 13.9 Å². The molecule has 3 heterocycles. The number of rotatable bonds is 3. The number of hydrogen-bond acceptors (Lipinski definition) is 3. The third kappa shape index (κ3) is 2.57. The van der Waals surface area contributed by atoms with E-state index in [0.29, 0.717) is 12.1 Å². The Bertz CT molecular complexity index is 697. The molecule has 118 valence electrons. The summed E-state index contributed by atoms with van der Waals surface area (Å²) in [7, 11) is 0. The van der Waals surface area contributed by atoms with Gasteiger partial charge in [0, 0.05) is 17.5 Å². The number of hydrogen-bond donors (Lipinski definition) is 0. The second-order valence-corrected chi connectivity index (χ2v) is 6.89. The van der Waals surface area contributed by atoms with Crippen molar-refractivity contribution in [3.8, 4) is 0 Å². The molecule has 1 aromatic carbocycles. The molecular formula is C16H18BrFN2O2. The van der Waals surface area contributed by atoms with Crippen molar-refractivity contribution in [2.75, 3.05) is 13.2 Å². The zero-order chi connectivity index (χ0) is 15.1. The molecule has 0 bridgehead atoms. The third-order valence-electron chi connectivity index (χ3n) is 4.47. The van der Waals surface area contributed by atoms with Crippen molar-refractivity contribution in [2.24, 2.45) is 0 Å². The van der Waals surface area contributed by atoms with Crippen LogP contribution in [-0.2, 0) is 15.9 Å². The number of halogens is 2. The Balaban J connectivity index is 1.58. The Morgan fingerprint density at radius 1 is 1.36 bits per heavy atom. The van der Waals surface area contributed by atoms with Crippen LogP contribution < -0.4 is 0 Å². The van der Waals surface area contributed by atoms with Gasteiger partial charge in [0.05, 0.1) is 18.2 Å². The molecule has 2 aromatic rings. The van der Waals surface area contributed by atoms with Crippen LogP contribution in [0.2, 0.25) is 0 Å². The quantitative estimate of drug-likeness (QED) is 0.822. The van der Waals surface area contributed by atoms with Gasteiger partial charge in [-0.1, -0.05) is 15.9 Å². The number of aromatic nitrogens is 2. The third-order valence-corrected chi connectivity index (χ3v) is 4.92. The molecule has 22 heavy (non-hydrogen) atoms. The summed E-state index contributed by atoms with van der Waals surface area (Å²) < 4.78 is 28.5. The van der Waals surface area contributed by atoms with Gasteiger partial charge in [-0.15, -0.1) is 0 Å². The summed E-state index contributed by atoms with van der Waals surface area (Å²) in [4.78, 5) is 4.46. The van der Waals surface area contributed by atoms with Gasteiger partial charge in [0.1, 0.15) is 11.3 Å². The Kier molecular flexibility index (Phi) is 3.92. The van der Waals surface area contributed by atoms with Gasteiger partial charge >= 0.3 is 0 Å². The molecule has 0 radical (unpaired) electrons. The van der Waals surface area contributed by atoms with Crippen LogP contribution in [0.25, 0.3) is 11.0 Å². The Morgan fingerprint density at radius 3 is 3.09 bits per heavy atom. The van der Waals surface area contributed by atoms with Crippen LogP contribution in [0.1, 0.15) is 37.5 Å². The molecule has 0 spiro atoms. The SMILES string of the molecule is Fc1cc(Br)cc2c1nc1n2C(COC2CCCCO2)CC1. The second-order valence-electron chi connectivity index (χ2n) is 5.98. The fourth-order valence-electron chi connectivity index (χ4n) is 3.40. The summed E-state index contributed by atoms with van der Waals surface area (Å²) in [6.45, 7) is 1.38. The van der Waals surface area contributed by atoms with E-state index in [1.165, 1.54) is 6.07 Å². The molecule has 1 aromatic heterocycles. The average molecular weight is 369 g/mol. The second kappa shape index (κ2) is 5.91. The fraction of sp³-hybridized carbons (Fsp3) is 0.562. The topological polar surface area (TPSA) is 36.3 Å². The van der Waals surface area contributed by atoms with Gasteiger partial charge in [-0.3, -0.25) is 0 Å². The van der Waals surface area contributed by atoms with E-state index in [4.69, 9.17) is 9.47 Å². The maximum absolute atomic E-state index is 14.0. The molecule has 2 aliphatic heterocycles. The predicted octanol–water partition coefficient (Wildman–Crippen LogP) is 3.97. The summed E-state index contributed by atoms with van der Waals surface area (Å²) in [5.74, 6) is 0.673. The van der Waals surface area contributed by atoms with Crippen LogP contribution in [0.4, 0.5) is 4.39 Å². The van der Waals surface area contributed by atoms with Crippen LogP contribution in [0, 0.1) is 5.82 Å². The normalized spacial score (nSPS) is 24.8. The van der Waals surface area contributed by atoms with Gasteiger partial charge in [0.2, 0.25) is 0 Å². The smallest absolute Gasteiger partial charge is 0.157 e. The minimum atomic E-state index is -0.276. The molecule has 6 heteroatoms. The molecule has 0 amide bonds.